The van der Waals surface area contributed by atoms with Gasteiger partial charge in [-0.1, -0.05) is 30.3 Å². The van der Waals surface area contributed by atoms with Crippen LogP contribution >= 0.6 is 0 Å². The van der Waals surface area contributed by atoms with Gasteiger partial charge in [-0.05, 0) is 81.8 Å². The maximum absolute atomic E-state index is 12.5. The van der Waals surface area contributed by atoms with Crippen LogP contribution in [-0.2, 0) is 11.3 Å². The van der Waals surface area contributed by atoms with Crippen molar-refractivity contribution in [3.8, 4) is 0 Å². The van der Waals surface area contributed by atoms with Gasteiger partial charge in [-0.3, -0.25) is 4.79 Å². The molecule has 3 rings (SSSR count). The SMILES string of the molecule is CCN(Cc1ccccc1)c1ccc(N=Nc2ccc(NC(=O)C[N+](CC)(CC)CC)cc2)cc1.[Br-]. The number of benzene rings is 3. The Morgan fingerprint density at radius 2 is 1.31 bits per heavy atom. The fourth-order valence-corrected chi connectivity index (χ4v) is 4.16. The highest BCUT2D eigenvalue weighted by atomic mass is 79.9. The maximum Gasteiger partial charge on any atom is 0.279 e. The van der Waals surface area contributed by atoms with Crippen LogP contribution in [0.2, 0.25) is 0 Å². The van der Waals surface area contributed by atoms with Gasteiger partial charge in [0.2, 0.25) is 0 Å². The lowest BCUT2D eigenvalue weighted by Gasteiger charge is -2.34. The highest BCUT2D eigenvalue weighted by Crippen LogP contribution is 2.24. The van der Waals surface area contributed by atoms with E-state index in [0.29, 0.717) is 6.54 Å². The van der Waals surface area contributed by atoms with Crippen molar-refractivity contribution in [1.29, 1.82) is 0 Å². The highest BCUT2D eigenvalue weighted by molar-refractivity contribution is 5.91. The number of amides is 1. The van der Waals surface area contributed by atoms with Crippen LogP contribution in [0.5, 0.6) is 0 Å². The molecule has 0 aliphatic carbocycles. The van der Waals surface area contributed by atoms with Gasteiger partial charge < -0.3 is 31.7 Å². The third-order valence-corrected chi connectivity index (χ3v) is 6.74. The Hall–Kier alpha value is -3.03. The molecule has 0 aliphatic rings. The third-order valence-electron chi connectivity index (χ3n) is 6.74. The number of carbonyl (C=O) groups excluding carboxylic acids is 1. The van der Waals surface area contributed by atoms with Crippen molar-refractivity contribution in [1.82, 2.24) is 0 Å². The monoisotopic (exact) mass is 551 g/mol. The lowest BCUT2D eigenvalue weighted by molar-refractivity contribution is -0.915. The first-order valence-corrected chi connectivity index (χ1v) is 12.6. The summed E-state index contributed by atoms with van der Waals surface area (Å²) < 4.78 is 0.791. The molecule has 0 spiro atoms. The van der Waals surface area contributed by atoms with Gasteiger partial charge in [0.15, 0.2) is 6.54 Å². The van der Waals surface area contributed by atoms with Crippen LogP contribution in [0.1, 0.15) is 33.3 Å². The lowest BCUT2D eigenvalue weighted by Crippen LogP contribution is -3.00. The summed E-state index contributed by atoms with van der Waals surface area (Å²) in [7, 11) is 0. The molecule has 0 heterocycles. The molecule has 3 aromatic rings. The van der Waals surface area contributed by atoms with E-state index < -0.39 is 0 Å². The van der Waals surface area contributed by atoms with Gasteiger partial charge in [-0.15, -0.1) is 0 Å². The number of quaternary nitrogens is 1. The summed E-state index contributed by atoms with van der Waals surface area (Å²) in [5.74, 6) is 0.0402. The molecule has 0 fully saturated rings. The average molecular weight is 553 g/mol. The van der Waals surface area contributed by atoms with E-state index in [-0.39, 0.29) is 22.9 Å². The van der Waals surface area contributed by atoms with Gasteiger partial charge >= 0.3 is 0 Å². The van der Waals surface area contributed by atoms with Crippen LogP contribution in [-0.4, -0.2) is 43.1 Å². The van der Waals surface area contributed by atoms with Gasteiger partial charge in [0.1, 0.15) is 0 Å². The van der Waals surface area contributed by atoms with E-state index in [4.69, 9.17) is 0 Å². The minimum Gasteiger partial charge on any atom is -1.00 e. The average Bonchev–Trinajstić information content (AvgIpc) is 2.91. The smallest absolute Gasteiger partial charge is 0.279 e. The van der Waals surface area contributed by atoms with Crippen molar-refractivity contribution in [2.45, 2.75) is 34.2 Å². The van der Waals surface area contributed by atoms with E-state index in [9.17, 15) is 4.79 Å². The second kappa shape index (κ2) is 14.5. The Morgan fingerprint density at radius 3 is 1.81 bits per heavy atom. The van der Waals surface area contributed by atoms with Gasteiger partial charge in [-0.2, -0.15) is 10.2 Å². The molecule has 0 saturated heterocycles. The van der Waals surface area contributed by atoms with Crippen molar-refractivity contribution in [3.05, 3.63) is 84.4 Å². The van der Waals surface area contributed by atoms with Gasteiger partial charge in [-0.25, -0.2) is 0 Å². The standard InChI is InChI=1S/C29H37N5O.BrH/c1-5-33(22-24-12-10-9-11-13-24)28-20-18-27(19-21-28)32-31-26-16-14-25(15-17-26)30-29(35)23-34(6-2,7-3)8-4;/h9-21H,5-8,22-23H2,1-4H3;1H. The summed E-state index contributed by atoms with van der Waals surface area (Å²) >= 11 is 0. The number of azo groups is 1. The normalized spacial score (nSPS) is 11.2. The highest BCUT2D eigenvalue weighted by Gasteiger charge is 2.24. The summed E-state index contributed by atoms with van der Waals surface area (Å²) in [6.07, 6.45) is 0. The Labute approximate surface area is 226 Å². The number of anilines is 2. The minimum absolute atomic E-state index is 0. The largest absolute Gasteiger partial charge is 1.00 e. The zero-order valence-corrected chi connectivity index (χ0v) is 23.4. The van der Waals surface area contributed by atoms with E-state index in [1.165, 1.54) is 5.56 Å². The fraction of sp³-hybridized carbons (Fsp3) is 0.345. The predicted octanol–water partition coefficient (Wildman–Crippen LogP) is 3.95. The lowest BCUT2D eigenvalue weighted by atomic mass is 10.2. The van der Waals surface area contributed by atoms with Crippen molar-refractivity contribution in [3.63, 3.8) is 0 Å². The molecule has 7 heteroatoms. The number of hydrogen-bond donors (Lipinski definition) is 1. The third kappa shape index (κ3) is 8.28. The van der Waals surface area contributed by atoms with Crippen LogP contribution < -0.4 is 27.2 Å². The first kappa shape index (κ1) is 29.2. The molecule has 6 nitrogen and oxygen atoms in total. The fourth-order valence-electron chi connectivity index (χ4n) is 4.16. The summed E-state index contributed by atoms with van der Waals surface area (Å²) in [6.45, 7) is 13.7. The first-order chi connectivity index (χ1) is 17.0. The second-order valence-electron chi connectivity index (χ2n) is 8.76. The van der Waals surface area contributed by atoms with Crippen molar-refractivity contribution >= 4 is 28.7 Å². The van der Waals surface area contributed by atoms with Gasteiger partial charge in [0.05, 0.1) is 31.0 Å². The Morgan fingerprint density at radius 1 is 0.778 bits per heavy atom. The Balaban J connectivity index is 0.00000456. The molecule has 0 atom stereocenters. The van der Waals surface area contributed by atoms with Crippen molar-refractivity contribution in [2.75, 3.05) is 42.9 Å². The summed E-state index contributed by atoms with van der Waals surface area (Å²) in [6, 6.07) is 26.1. The Bertz CT molecular complexity index is 1070. The molecular weight excluding hydrogens is 514 g/mol. The van der Waals surface area contributed by atoms with Crippen LogP contribution in [0.25, 0.3) is 0 Å². The summed E-state index contributed by atoms with van der Waals surface area (Å²) in [5.41, 5.74) is 4.77. The van der Waals surface area contributed by atoms with E-state index in [2.05, 4.69) is 84.5 Å². The molecule has 0 bridgehead atoms. The topological polar surface area (TPSA) is 57.1 Å². The van der Waals surface area contributed by atoms with Crippen molar-refractivity contribution < 1.29 is 26.3 Å². The molecule has 0 unspecified atom stereocenters. The number of halogens is 1. The molecule has 0 aromatic heterocycles. The molecule has 3 aromatic carbocycles. The molecule has 0 aliphatic heterocycles. The number of hydrogen-bond acceptors (Lipinski definition) is 4. The zero-order valence-electron chi connectivity index (χ0n) is 21.8. The van der Waals surface area contributed by atoms with E-state index in [0.717, 1.165) is 60.0 Å². The zero-order chi connectivity index (χ0) is 25.1. The molecule has 1 amide bonds. The predicted molar refractivity (Wildman–Crippen MR) is 146 cm³/mol. The number of nitrogens with zero attached hydrogens (tertiary/aromatic N) is 4. The summed E-state index contributed by atoms with van der Waals surface area (Å²) in [4.78, 5) is 14.9. The van der Waals surface area contributed by atoms with Crippen LogP contribution in [0.4, 0.5) is 22.7 Å². The second-order valence-corrected chi connectivity index (χ2v) is 8.76. The molecular formula is C29H38BrN5O. The molecule has 0 radical (unpaired) electrons. The molecule has 0 saturated carbocycles. The van der Waals surface area contributed by atoms with Crippen LogP contribution in [0.3, 0.4) is 0 Å². The van der Waals surface area contributed by atoms with E-state index >= 15 is 0 Å². The minimum atomic E-state index is 0. The number of rotatable bonds is 12. The quantitative estimate of drug-likeness (QED) is 0.273. The van der Waals surface area contributed by atoms with Gasteiger partial charge in [0.25, 0.3) is 5.91 Å². The molecule has 36 heavy (non-hydrogen) atoms. The maximum atomic E-state index is 12.5. The first-order valence-electron chi connectivity index (χ1n) is 12.6. The van der Waals surface area contributed by atoms with E-state index in [1.807, 2.05) is 42.5 Å². The number of likely N-dealkylation sites (N-methyl/N-ethyl adjacent to an activating group) is 1. The van der Waals surface area contributed by atoms with Crippen molar-refractivity contribution in [2.24, 2.45) is 10.2 Å². The van der Waals surface area contributed by atoms with E-state index in [1.54, 1.807) is 0 Å². The van der Waals surface area contributed by atoms with Crippen LogP contribution in [0.15, 0.2) is 89.1 Å². The van der Waals surface area contributed by atoms with Crippen LogP contribution in [0, 0.1) is 0 Å². The molecule has 1 N–H and O–H groups in total. The molecule has 192 valence electrons. The number of nitrogens with one attached hydrogen (secondary N) is 1. The van der Waals surface area contributed by atoms with Gasteiger partial charge in [0, 0.05) is 24.5 Å². The summed E-state index contributed by atoms with van der Waals surface area (Å²) in [5, 5.41) is 11.7. The number of carbonyl (C=O) groups is 1. The Kier molecular flexibility index (Phi) is 11.8.